The quantitative estimate of drug-likeness (QED) is 0.640. The number of hydrogen-bond donors (Lipinski definition) is 1. The van der Waals surface area contributed by atoms with Crippen molar-refractivity contribution in [2.24, 2.45) is 17.3 Å². The number of nitrogens with one attached hydrogen (secondary N) is 1. The zero-order valence-electron chi connectivity index (χ0n) is 11.7. The maximum atomic E-state index is 3.57. The van der Waals surface area contributed by atoms with Crippen molar-refractivity contribution >= 4 is 0 Å². The van der Waals surface area contributed by atoms with Crippen LogP contribution < -0.4 is 5.32 Å². The Balaban J connectivity index is 3.75. The molecule has 0 amide bonds. The van der Waals surface area contributed by atoms with Gasteiger partial charge in [0.25, 0.3) is 0 Å². The van der Waals surface area contributed by atoms with E-state index in [2.05, 4.69) is 46.9 Å². The highest BCUT2D eigenvalue weighted by Gasteiger charge is 2.20. The average Bonchev–Trinajstić information content (AvgIpc) is 2.01. The molecular weight excluding hydrogens is 182 g/mol. The van der Waals surface area contributed by atoms with Gasteiger partial charge in [0.2, 0.25) is 0 Å². The summed E-state index contributed by atoms with van der Waals surface area (Å²) >= 11 is 0. The average molecular weight is 213 g/mol. The van der Waals surface area contributed by atoms with Crippen LogP contribution >= 0.6 is 0 Å². The summed E-state index contributed by atoms with van der Waals surface area (Å²) in [6.07, 6.45) is 4.02. The van der Waals surface area contributed by atoms with Gasteiger partial charge in [-0.3, -0.25) is 0 Å². The third kappa shape index (κ3) is 8.92. The summed E-state index contributed by atoms with van der Waals surface area (Å²) in [4.78, 5) is 0. The molecule has 0 aromatic heterocycles. The van der Waals surface area contributed by atoms with Crippen LogP contribution in [0.5, 0.6) is 0 Å². The van der Waals surface area contributed by atoms with E-state index in [-0.39, 0.29) is 0 Å². The highest BCUT2D eigenvalue weighted by atomic mass is 14.9. The predicted molar refractivity (Wildman–Crippen MR) is 70.2 cm³/mol. The van der Waals surface area contributed by atoms with E-state index in [0.717, 1.165) is 24.9 Å². The van der Waals surface area contributed by atoms with E-state index in [9.17, 15) is 0 Å². The van der Waals surface area contributed by atoms with Gasteiger partial charge in [0.05, 0.1) is 0 Å². The summed E-state index contributed by atoms with van der Waals surface area (Å²) in [7, 11) is 0. The maximum absolute atomic E-state index is 3.57. The van der Waals surface area contributed by atoms with E-state index in [1.165, 1.54) is 19.3 Å². The first kappa shape index (κ1) is 15.0. The minimum atomic E-state index is 0.448. The molecule has 1 N–H and O–H groups in total. The van der Waals surface area contributed by atoms with E-state index in [1.54, 1.807) is 0 Å². The van der Waals surface area contributed by atoms with Gasteiger partial charge in [-0.05, 0) is 30.2 Å². The Bertz CT molecular complexity index is 149. The third-order valence-corrected chi connectivity index (χ3v) is 2.84. The highest BCUT2D eigenvalue weighted by molar-refractivity contribution is 4.74. The summed E-state index contributed by atoms with van der Waals surface area (Å²) in [5, 5.41) is 3.57. The largest absolute Gasteiger partial charge is 0.316 e. The molecule has 1 nitrogen and oxygen atoms in total. The Labute approximate surface area is 97.0 Å². The monoisotopic (exact) mass is 213 g/mol. The van der Waals surface area contributed by atoms with Gasteiger partial charge in [0, 0.05) is 6.54 Å². The molecule has 0 aliphatic heterocycles. The minimum absolute atomic E-state index is 0.448. The van der Waals surface area contributed by atoms with Crippen LogP contribution in [0.25, 0.3) is 0 Å². The molecule has 0 fully saturated rings. The Hall–Kier alpha value is -0.0400. The maximum Gasteiger partial charge on any atom is 0.000273 e. The van der Waals surface area contributed by atoms with Gasteiger partial charge in [-0.25, -0.2) is 0 Å². The van der Waals surface area contributed by atoms with Crippen molar-refractivity contribution in [2.45, 2.75) is 60.8 Å². The second-order valence-corrected chi connectivity index (χ2v) is 6.29. The van der Waals surface area contributed by atoms with Gasteiger partial charge in [-0.2, -0.15) is 0 Å². The summed E-state index contributed by atoms with van der Waals surface area (Å²) in [5.74, 6) is 1.62. The van der Waals surface area contributed by atoms with Crippen molar-refractivity contribution in [2.75, 3.05) is 13.1 Å². The SMILES string of the molecule is CCCC(C)CC(C)(C)CNCC(C)C. The fraction of sp³-hybridized carbons (Fsp3) is 1.00. The molecule has 0 rings (SSSR count). The van der Waals surface area contributed by atoms with Gasteiger partial charge < -0.3 is 5.32 Å². The van der Waals surface area contributed by atoms with E-state index < -0.39 is 0 Å². The van der Waals surface area contributed by atoms with Crippen molar-refractivity contribution in [3.05, 3.63) is 0 Å². The van der Waals surface area contributed by atoms with Crippen LogP contribution in [0.15, 0.2) is 0 Å². The third-order valence-electron chi connectivity index (χ3n) is 2.84. The molecule has 0 radical (unpaired) electrons. The fourth-order valence-corrected chi connectivity index (χ4v) is 2.31. The second kappa shape index (κ2) is 7.27. The molecule has 0 aromatic rings. The lowest BCUT2D eigenvalue weighted by atomic mass is 9.82. The lowest BCUT2D eigenvalue weighted by Gasteiger charge is -2.28. The predicted octanol–water partition coefficient (Wildman–Crippen LogP) is 4.08. The van der Waals surface area contributed by atoms with E-state index in [0.29, 0.717) is 5.41 Å². The zero-order valence-corrected chi connectivity index (χ0v) is 11.7. The molecule has 0 spiro atoms. The van der Waals surface area contributed by atoms with Crippen LogP contribution in [0, 0.1) is 17.3 Å². The standard InChI is InChI=1S/C14H31N/c1-7-8-13(4)9-14(5,6)11-15-10-12(2)3/h12-13,15H,7-11H2,1-6H3. The lowest BCUT2D eigenvalue weighted by Crippen LogP contribution is -2.33. The molecule has 1 heteroatoms. The van der Waals surface area contributed by atoms with E-state index >= 15 is 0 Å². The van der Waals surface area contributed by atoms with Crippen molar-refractivity contribution in [1.29, 1.82) is 0 Å². The topological polar surface area (TPSA) is 12.0 Å². The van der Waals surface area contributed by atoms with Crippen LogP contribution in [-0.4, -0.2) is 13.1 Å². The smallest absolute Gasteiger partial charge is 0.000273 e. The van der Waals surface area contributed by atoms with Crippen LogP contribution in [0.1, 0.15) is 60.8 Å². The van der Waals surface area contributed by atoms with E-state index in [1.807, 2.05) is 0 Å². The van der Waals surface area contributed by atoms with Gasteiger partial charge in [-0.1, -0.05) is 54.4 Å². The Morgan fingerprint density at radius 2 is 1.73 bits per heavy atom. The van der Waals surface area contributed by atoms with Crippen molar-refractivity contribution in [3.8, 4) is 0 Å². The molecule has 0 saturated carbocycles. The zero-order chi connectivity index (χ0) is 11.9. The molecule has 1 atom stereocenters. The molecular formula is C14H31N. The summed E-state index contributed by atoms with van der Waals surface area (Å²) in [6.45, 7) is 16.2. The molecule has 92 valence electrons. The van der Waals surface area contributed by atoms with E-state index in [4.69, 9.17) is 0 Å². The number of rotatable bonds is 8. The fourth-order valence-electron chi connectivity index (χ4n) is 2.31. The van der Waals surface area contributed by atoms with Gasteiger partial charge >= 0.3 is 0 Å². The summed E-state index contributed by atoms with van der Waals surface area (Å²) < 4.78 is 0. The van der Waals surface area contributed by atoms with Crippen LogP contribution in [0.2, 0.25) is 0 Å². The molecule has 1 unspecified atom stereocenters. The minimum Gasteiger partial charge on any atom is -0.316 e. The van der Waals surface area contributed by atoms with Gasteiger partial charge in [0.1, 0.15) is 0 Å². The Morgan fingerprint density at radius 3 is 2.20 bits per heavy atom. The van der Waals surface area contributed by atoms with Crippen LogP contribution in [0.4, 0.5) is 0 Å². The van der Waals surface area contributed by atoms with Gasteiger partial charge in [0.15, 0.2) is 0 Å². The highest BCUT2D eigenvalue weighted by Crippen LogP contribution is 2.26. The molecule has 0 aromatic carbocycles. The van der Waals surface area contributed by atoms with Gasteiger partial charge in [-0.15, -0.1) is 0 Å². The molecule has 0 aliphatic rings. The van der Waals surface area contributed by atoms with Crippen LogP contribution in [0.3, 0.4) is 0 Å². The van der Waals surface area contributed by atoms with Crippen molar-refractivity contribution in [1.82, 2.24) is 5.32 Å². The Kier molecular flexibility index (Phi) is 7.25. The molecule has 0 aliphatic carbocycles. The lowest BCUT2D eigenvalue weighted by molar-refractivity contribution is 0.253. The Morgan fingerprint density at radius 1 is 1.13 bits per heavy atom. The molecule has 0 heterocycles. The second-order valence-electron chi connectivity index (χ2n) is 6.29. The van der Waals surface area contributed by atoms with Crippen molar-refractivity contribution in [3.63, 3.8) is 0 Å². The molecule has 0 bridgehead atoms. The molecule has 0 saturated heterocycles. The normalized spacial score (nSPS) is 14.6. The summed E-state index contributed by atoms with van der Waals surface area (Å²) in [5.41, 5.74) is 0.448. The summed E-state index contributed by atoms with van der Waals surface area (Å²) in [6, 6.07) is 0. The first-order valence-electron chi connectivity index (χ1n) is 6.58. The number of hydrogen-bond acceptors (Lipinski definition) is 1. The van der Waals surface area contributed by atoms with Crippen molar-refractivity contribution < 1.29 is 0 Å². The molecule has 15 heavy (non-hydrogen) atoms. The van der Waals surface area contributed by atoms with Crippen LogP contribution in [-0.2, 0) is 0 Å². The first-order chi connectivity index (χ1) is 6.87. The first-order valence-corrected chi connectivity index (χ1v) is 6.58.